The van der Waals surface area contributed by atoms with Gasteiger partial charge in [0.2, 0.25) is 5.91 Å². The van der Waals surface area contributed by atoms with Gasteiger partial charge in [-0.25, -0.2) is 4.79 Å². The SMILES string of the molecule is C[C@@H](O)[C@H]1C(=O)N2C(C(=O)O)=C(S[C@@H]3CN[C@@H](c4ccc(C(N)C#N)cc4)C3)[C@H](C)[C@H]12. The van der Waals surface area contributed by atoms with Crippen LogP contribution in [0, 0.1) is 23.2 Å². The van der Waals surface area contributed by atoms with Gasteiger partial charge in [0.15, 0.2) is 0 Å². The Morgan fingerprint density at radius 1 is 1.39 bits per heavy atom. The third-order valence-corrected chi connectivity index (χ3v) is 8.04. The summed E-state index contributed by atoms with van der Waals surface area (Å²) in [7, 11) is 0. The van der Waals surface area contributed by atoms with Crippen LogP contribution in [0.4, 0.5) is 0 Å². The summed E-state index contributed by atoms with van der Waals surface area (Å²) in [5.74, 6) is -2.08. The number of hydrogen-bond acceptors (Lipinski definition) is 7. The van der Waals surface area contributed by atoms with Crippen LogP contribution >= 0.6 is 11.8 Å². The predicted octanol–water partition coefficient (Wildman–Crippen LogP) is 1.50. The van der Waals surface area contributed by atoms with Crippen LogP contribution in [0.1, 0.15) is 43.5 Å². The zero-order valence-corrected chi connectivity index (χ0v) is 18.2. The Morgan fingerprint density at radius 3 is 2.65 bits per heavy atom. The van der Waals surface area contributed by atoms with E-state index >= 15 is 0 Å². The molecule has 0 radical (unpaired) electrons. The number of aliphatic hydroxyl groups excluding tert-OH is 1. The second-order valence-electron chi connectivity index (χ2n) is 8.48. The lowest BCUT2D eigenvalue weighted by molar-refractivity contribution is -0.163. The van der Waals surface area contributed by atoms with Crippen molar-refractivity contribution < 1.29 is 19.8 Å². The van der Waals surface area contributed by atoms with Crippen molar-refractivity contribution in [3.8, 4) is 6.07 Å². The zero-order chi connectivity index (χ0) is 22.4. The molecule has 0 spiro atoms. The molecule has 0 aliphatic carbocycles. The first-order chi connectivity index (χ1) is 14.7. The number of nitrogens with zero attached hydrogens (tertiary/aromatic N) is 2. The number of benzene rings is 1. The summed E-state index contributed by atoms with van der Waals surface area (Å²) in [6.07, 6.45) is 0.0147. The van der Waals surface area contributed by atoms with Gasteiger partial charge in [0, 0.05) is 28.7 Å². The van der Waals surface area contributed by atoms with Gasteiger partial charge in [0.25, 0.3) is 0 Å². The maximum Gasteiger partial charge on any atom is 0.353 e. The molecule has 31 heavy (non-hydrogen) atoms. The third-order valence-electron chi connectivity index (χ3n) is 6.53. The molecule has 0 bridgehead atoms. The number of carbonyl (C=O) groups excluding carboxylic acids is 1. The molecule has 1 aromatic carbocycles. The van der Waals surface area contributed by atoms with Gasteiger partial charge in [0.05, 0.1) is 24.1 Å². The van der Waals surface area contributed by atoms with Crippen LogP contribution in [0.2, 0.25) is 0 Å². The van der Waals surface area contributed by atoms with Crippen molar-refractivity contribution in [2.24, 2.45) is 17.6 Å². The Morgan fingerprint density at radius 2 is 2.06 bits per heavy atom. The molecule has 9 heteroatoms. The average Bonchev–Trinajstić information content (AvgIpc) is 3.29. The van der Waals surface area contributed by atoms with Gasteiger partial charge >= 0.3 is 5.97 Å². The van der Waals surface area contributed by atoms with Crippen molar-refractivity contribution in [2.45, 2.75) is 49.7 Å². The van der Waals surface area contributed by atoms with E-state index < -0.39 is 24.0 Å². The highest BCUT2D eigenvalue weighted by Gasteiger charge is 2.60. The lowest BCUT2D eigenvalue weighted by Gasteiger charge is -2.46. The van der Waals surface area contributed by atoms with E-state index in [1.807, 2.05) is 37.3 Å². The summed E-state index contributed by atoms with van der Waals surface area (Å²) in [6.45, 7) is 4.24. The Labute approximate surface area is 185 Å². The van der Waals surface area contributed by atoms with Gasteiger partial charge in [0.1, 0.15) is 11.7 Å². The fraction of sp³-hybridized carbons (Fsp3) is 0.500. The van der Waals surface area contributed by atoms with Gasteiger partial charge < -0.3 is 26.2 Å². The van der Waals surface area contributed by atoms with Gasteiger partial charge in [-0.3, -0.25) is 4.79 Å². The lowest BCUT2D eigenvalue weighted by atomic mass is 9.79. The molecule has 3 aliphatic rings. The van der Waals surface area contributed by atoms with Crippen molar-refractivity contribution in [1.29, 1.82) is 5.26 Å². The molecule has 3 heterocycles. The number of rotatable bonds is 6. The zero-order valence-electron chi connectivity index (χ0n) is 17.4. The number of carboxylic acids is 1. The summed E-state index contributed by atoms with van der Waals surface area (Å²) in [4.78, 5) is 26.5. The number of nitrogens with two attached hydrogens (primary N) is 1. The molecule has 164 valence electrons. The highest BCUT2D eigenvalue weighted by molar-refractivity contribution is 8.03. The quantitative estimate of drug-likeness (QED) is 0.486. The summed E-state index contributed by atoms with van der Waals surface area (Å²) in [6, 6.07) is 8.88. The highest BCUT2D eigenvalue weighted by Crippen LogP contribution is 2.52. The fourth-order valence-electron chi connectivity index (χ4n) is 4.92. The monoisotopic (exact) mass is 442 g/mol. The van der Waals surface area contributed by atoms with E-state index in [9.17, 15) is 19.8 Å². The van der Waals surface area contributed by atoms with E-state index in [2.05, 4.69) is 5.32 Å². The van der Waals surface area contributed by atoms with Crippen molar-refractivity contribution in [1.82, 2.24) is 10.2 Å². The van der Waals surface area contributed by atoms with E-state index in [0.29, 0.717) is 0 Å². The number of nitriles is 1. The fourth-order valence-corrected chi connectivity index (χ4v) is 6.39. The summed E-state index contributed by atoms with van der Waals surface area (Å²) >= 11 is 1.53. The minimum atomic E-state index is -1.10. The van der Waals surface area contributed by atoms with Gasteiger partial charge in [-0.2, -0.15) is 5.26 Å². The number of β-lactam (4-membered cyclic amide) rings is 1. The summed E-state index contributed by atoms with van der Waals surface area (Å²) in [5, 5.41) is 32.4. The van der Waals surface area contributed by atoms with E-state index in [1.165, 1.54) is 16.7 Å². The molecule has 4 rings (SSSR count). The Bertz CT molecular complexity index is 971. The van der Waals surface area contributed by atoms with Crippen LogP contribution in [0.3, 0.4) is 0 Å². The van der Waals surface area contributed by atoms with Crippen LogP contribution in [-0.4, -0.2) is 50.9 Å². The van der Waals surface area contributed by atoms with Gasteiger partial charge in [-0.05, 0) is 24.5 Å². The van der Waals surface area contributed by atoms with Crippen molar-refractivity contribution >= 4 is 23.6 Å². The predicted molar refractivity (Wildman–Crippen MR) is 115 cm³/mol. The molecule has 2 saturated heterocycles. The molecule has 1 amide bonds. The smallest absolute Gasteiger partial charge is 0.353 e. The van der Waals surface area contributed by atoms with Gasteiger partial charge in [-0.1, -0.05) is 31.2 Å². The second kappa shape index (κ2) is 8.28. The molecule has 1 aromatic rings. The Hall–Kier alpha value is -2.38. The summed E-state index contributed by atoms with van der Waals surface area (Å²) < 4.78 is 0. The average molecular weight is 443 g/mol. The number of thioether (sulfide) groups is 1. The number of nitrogens with one attached hydrogen (secondary N) is 1. The number of hydrogen-bond donors (Lipinski definition) is 4. The number of carboxylic acid groups (broad SMARTS) is 1. The molecule has 7 atom stereocenters. The molecule has 3 aliphatic heterocycles. The van der Waals surface area contributed by atoms with Crippen LogP contribution < -0.4 is 11.1 Å². The number of fused-ring (bicyclic) bond motifs is 1. The minimum Gasteiger partial charge on any atom is -0.477 e. The number of aliphatic carboxylic acids is 1. The standard InChI is InChI=1S/C22H26N4O4S/c1-10-18-17(11(2)27)21(28)26(18)19(22(29)30)20(10)31-14-7-16(25-9-14)13-5-3-12(4-6-13)15(24)8-23/h3-6,10-11,14-18,25,27H,7,9,24H2,1-2H3,(H,29,30)/t10-,11-,14+,15?,16-,17-,18-/m1/s1. The summed E-state index contributed by atoms with van der Waals surface area (Å²) in [5.41, 5.74) is 7.69. The number of amides is 1. The largest absolute Gasteiger partial charge is 0.477 e. The topological polar surface area (TPSA) is 140 Å². The van der Waals surface area contributed by atoms with E-state index in [0.717, 1.165) is 29.0 Å². The van der Waals surface area contributed by atoms with Crippen LogP contribution in [0.5, 0.6) is 0 Å². The molecule has 0 aromatic heterocycles. The number of carbonyl (C=O) groups is 2. The highest BCUT2D eigenvalue weighted by atomic mass is 32.2. The van der Waals surface area contributed by atoms with Crippen molar-refractivity contribution in [2.75, 3.05) is 6.54 Å². The Kier molecular flexibility index (Phi) is 5.83. The maximum atomic E-state index is 12.5. The molecule has 2 fully saturated rings. The third kappa shape index (κ3) is 3.64. The van der Waals surface area contributed by atoms with Crippen LogP contribution in [0.15, 0.2) is 34.9 Å². The van der Waals surface area contributed by atoms with Gasteiger partial charge in [-0.15, -0.1) is 11.8 Å². The van der Waals surface area contributed by atoms with E-state index in [4.69, 9.17) is 11.0 Å². The molecule has 8 nitrogen and oxygen atoms in total. The van der Waals surface area contributed by atoms with E-state index in [1.54, 1.807) is 6.92 Å². The second-order valence-corrected chi connectivity index (χ2v) is 9.82. The molecular formula is C22H26N4O4S. The van der Waals surface area contributed by atoms with Crippen LogP contribution in [0.25, 0.3) is 0 Å². The normalized spacial score (nSPS) is 31.8. The molecule has 5 N–H and O–H groups in total. The Balaban J connectivity index is 1.48. The maximum absolute atomic E-state index is 12.5. The number of aliphatic hydroxyl groups is 1. The lowest BCUT2D eigenvalue weighted by Crippen LogP contribution is -2.63. The van der Waals surface area contributed by atoms with Crippen molar-refractivity contribution in [3.05, 3.63) is 46.0 Å². The first-order valence-electron chi connectivity index (χ1n) is 10.4. The molecular weight excluding hydrogens is 416 g/mol. The minimum absolute atomic E-state index is 0.0719. The first kappa shape index (κ1) is 21.8. The van der Waals surface area contributed by atoms with E-state index in [-0.39, 0.29) is 34.9 Å². The molecule has 1 unspecified atom stereocenters. The van der Waals surface area contributed by atoms with Crippen molar-refractivity contribution in [3.63, 3.8) is 0 Å². The molecule has 0 saturated carbocycles. The first-order valence-corrected chi connectivity index (χ1v) is 11.3. The van der Waals surface area contributed by atoms with Crippen LogP contribution in [-0.2, 0) is 9.59 Å².